The number of allylic oxidation sites excluding steroid dienone is 1. The zero-order chi connectivity index (χ0) is 22.9. The lowest BCUT2D eigenvalue weighted by Crippen LogP contribution is -2.23. The Labute approximate surface area is 191 Å². The zero-order valence-electron chi connectivity index (χ0n) is 18.0. The Bertz CT molecular complexity index is 1370. The molecule has 1 unspecified atom stereocenters. The van der Waals surface area contributed by atoms with Gasteiger partial charge in [-0.2, -0.15) is 5.10 Å². The summed E-state index contributed by atoms with van der Waals surface area (Å²) >= 11 is 0. The molecule has 0 spiro atoms. The summed E-state index contributed by atoms with van der Waals surface area (Å²) in [7, 11) is 0. The number of nitro benzene ring substituents is 1. The van der Waals surface area contributed by atoms with Crippen molar-refractivity contribution >= 4 is 17.5 Å². The van der Waals surface area contributed by atoms with Crippen LogP contribution in [0.1, 0.15) is 38.8 Å². The highest BCUT2D eigenvalue weighted by atomic mass is 16.6. The molecule has 0 bridgehead atoms. The number of para-hydroxylation sites is 1. The van der Waals surface area contributed by atoms with E-state index in [1.807, 2.05) is 78.3 Å². The van der Waals surface area contributed by atoms with Crippen LogP contribution in [-0.2, 0) is 6.42 Å². The van der Waals surface area contributed by atoms with E-state index in [2.05, 4.69) is 0 Å². The molecular weight excluding hydrogens is 414 g/mol. The first-order valence-corrected chi connectivity index (χ1v) is 10.7. The van der Waals surface area contributed by atoms with Gasteiger partial charge in [-0.25, -0.2) is 4.68 Å². The number of nitro groups is 1. The van der Waals surface area contributed by atoms with Crippen LogP contribution in [0.15, 0.2) is 90.5 Å². The second kappa shape index (κ2) is 8.31. The van der Waals surface area contributed by atoms with Crippen LogP contribution in [0.3, 0.4) is 0 Å². The van der Waals surface area contributed by atoms with E-state index in [1.165, 1.54) is 12.1 Å². The molecule has 1 aliphatic carbocycles. The van der Waals surface area contributed by atoms with E-state index in [4.69, 9.17) is 5.10 Å². The molecule has 6 nitrogen and oxygen atoms in total. The molecule has 0 amide bonds. The summed E-state index contributed by atoms with van der Waals surface area (Å²) < 4.78 is 1.88. The fraction of sp³-hybridized carbons (Fsp3) is 0.111. The summed E-state index contributed by atoms with van der Waals surface area (Å²) in [5.74, 6) is -0.205. The number of fused-ring (bicyclic) bond motifs is 1. The van der Waals surface area contributed by atoms with Crippen molar-refractivity contribution in [2.75, 3.05) is 0 Å². The van der Waals surface area contributed by atoms with E-state index in [0.29, 0.717) is 23.3 Å². The van der Waals surface area contributed by atoms with Crippen molar-refractivity contribution in [3.63, 3.8) is 0 Å². The van der Waals surface area contributed by atoms with Crippen LogP contribution in [0.2, 0.25) is 0 Å². The average molecular weight is 435 g/mol. The number of carbonyl (C=O) groups is 1. The number of benzene rings is 3. The molecule has 4 aromatic rings. The van der Waals surface area contributed by atoms with Gasteiger partial charge in [0.25, 0.3) is 5.69 Å². The molecule has 0 saturated heterocycles. The van der Waals surface area contributed by atoms with Crippen LogP contribution in [0.5, 0.6) is 0 Å². The van der Waals surface area contributed by atoms with Gasteiger partial charge in [0.15, 0.2) is 5.78 Å². The first-order valence-electron chi connectivity index (χ1n) is 10.7. The number of hydrogen-bond donors (Lipinski definition) is 0. The van der Waals surface area contributed by atoms with Gasteiger partial charge in [-0.05, 0) is 48.4 Å². The van der Waals surface area contributed by atoms with Crippen LogP contribution in [0, 0.1) is 17.0 Å². The minimum atomic E-state index is -0.428. The Kier molecular flexibility index (Phi) is 5.18. The van der Waals surface area contributed by atoms with Gasteiger partial charge in [-0.1, -0.05) is 48.5 Å². The molecule has 0 N–H and O–H groups in total. The highest BCUT2D eigenvalue weighted by Crippen LogP contribution is 2.39. The largest absolute Gasteiger partial charge is 0.289 e. The third-order valence-electron chi connectivity index (χ3n) is 6.05. The van der Waals surface area contributed by atoms with Crippen molar-refractivity contribution in [1.29, 1.82) is 0 Å². The molecule has 1 aromatic heterocycles. The fourth-order valence-corrected chi connectivity index (χ4v) is 4.47. The van der Waals surface area contributed by atoms with Crippen molar-refractivity contribution in [3.8, 4) is 5.69 Å². The fourth-order valence-electron chi connectivity index (χ4n) is 4.47. The van der Waals surface area contributed by atoms with E-state index in [1.54, 1.807) is 12.1 Å². The quantitative estimate of drug-likeness (QED) is 0.234. The van der Waals surface area contributed by atoms with E-state index in [0.717, 1.165) is 22.5 Å². The Morgan fingerprint density at radius 2 is 1.61 bits per heavy atom. The van der Waals surface area contributed by atoms with Gasteiger partial charge in [-0.3, -0.25) is 14.9 Å². The molecular formula is C27H21N3O3. The molecule has 0 saturated carbocycles. The van der Waals surface area contributed by atoms with Crippen LogP contribution < -0.4 is 0 Å². The number of aryl methyl sites for hydroxylation is 1. The SMILES string of the molecule is Cc1nn(-c2ccccc2)c2c1C(=O)/C(=C/c1ccc([N+](=O)[O-])cc1)C(c1ccccc1)C2. The van der Waals surface area contributed by atoms with E-state index >= 15 is 0 Å². The maximum atomic E-state index is 13.8. The van der Waals surface area contributed by atoms with Gasteiger partial charge in [0.05, 0.1) is 27.6 Å². The first kappa shape index (κ1) is 20.6. The normalized spacial score (nSPS) is 16.6. The number of ketones is 1. The summed E-state index contributed by atoms with van der Waals surface area (Å²) in [5.41, 5.74) is 5.64. The van der Waals surface area contributed by atoms with Crippen molar-refractivity contribution in [3.05, 3.63) is 129 Å². The molecule has 5 rings (SSSR count). The standard InChI is InChI=1S/C27H21N3O3/c1-18-26-25(29(28-18)21-10-6-3-7-11-21)17-23(20-8-4-2-5-9-20)24(27(26)31)16-19-12-14-22(15-13-19)30(32)33/h2-16,23H,17H2,1H3/b24-16+. The van der Waals surface area contributed by atoms with Gasteiger partial charge < -0.3 is 0 Å². The number of aromatic nitrogens is 2. The van der Waals surface area contributed by atoms with Crippen LogP contribution in [0.4, 0.5) is 5.69 Å². The second-order valence-corrected chi connectivity index (χ2v) is 8.10. The molecule has 1 atom stereocenters. The Morgan fingerprint density at radius 3 is 2.24 bits per heavy atom. The molecule has 0 radical (unpaired) electrons. The zero-order valence-corrected chi connectivity index (χ0v) is 18.0. The van der Waals surface area contributed by atoms with Gasteiger partial charge >= 0.3 is 0 Å². The molecule has 1 heterocycles. The summed E-state index contributed by atoms with van der Waals surface area (Å²) in [6.07, 6.45) is 2.48. The van der Waals surface area contributed by atoms with Gasteiger partial charge in [0, 0.05) is 30.0 Å². The molecule has 162 valence electrons. The first-order chi connectivity index (χ1) is 16.0. The van der Waals surface area contributed by atoms with Gasteiger partial charge in [0.2, 0.25) is 0 Å². The van der Waals surface area contributed by atoms with Crippen LogP contribution in [-0.4, -0.2) is 20.5 Å². The maximum absolute atomic E-state index is 13.8. The van der Waals surface area contributed by atoms with Crippen molar-refractivity contribution in [2.45, 2.75) is 19.3 Å². The average Bonchev–Trinajstić information content (AvgIpc) is 3.18. The smallest absolute Gasteiger partial charge is 0.269 e. The molecule has 0 aliphatic heterocycles. The number of Topliss-reactive ketones (excluding diaryl/α,β-unsaturated/α-hetero) is 1. The minimum Gasteiger partial charge on any atom is -0.289 e. The third-order valence-corrected chi connectivity index (χ3v) is 6.05. The number of rotatable bonds is 4. The summed E-state index contributed by atoms with van der Waals surface area (Å²) in [6, 6.07) is 26.1. The topological polar surface area (TPSA) is 78.0 Å². The Balaban J connectivity index is 1.66. The van der Waals surface area contributed by atoms with Crippen LogP contribution >= 0.6 is 0 Å². The molecule has 0 fully saturated rings. The third kappa shape index (κ3) is 3.76. The van der Waals surface area contributed by atoms with Crippen LogP contribution in [0.25, 0.3) is 11.8 Å². The Morgan fingerprint density at radius 1 is 0.970 bits per heavy atom. The lowest BCUT2D eigenvalue weighted by molar-refractivity contribution is -0.384. The number of nitrogens with zero attached hydrogens (tertiary/aromatic N) is 3. The predicted octanol–water partition coefficient (Wildman–Crippen LogP) is 5.70. The second-order valence-electron chi connectivity index (χ2n) is 8.10. The lowest BCUT2D eigenvalue weighted by atomic mass is 9.77. The summed E-state index contributed by atoms with van der Waals surface area (Å²) in [6.45, 7) is 1.86. The van der Waals surface area contributed by atoms with E-state index in [9.17, 15) is 14.9 Å². The summed E-state index contributed by atoms with van der Waals surface area (Å²) in [5, 5.41) is 15.7. The van der Waals surface area contributed by atoms with Crippen molar-refractivity contribution in [2.24, 2.45) is 0 Å². The molecule has 1 aliphatic rings. The maximum Gasteiger partial charge on any atom is 0.269 e. The van der Waals surface area contributed by atoms with E-state index in [-0.39, 0.29) is 17.4 Å². The highest BCUT2D eigenvalue weighted by Gasteiger charge is 2.36. The Hall–Kier alpha value is -4.32. The number of carbonyl (C=O) groups excluding carboxylic acids is 1. The number of hydrogen-bond acceptors (Lipinski definition) is 4. The molecule has 33 heavy (non-hydrogen) atoms. The van der Waals surface area contributed by atoms with E-state index < -0.39 is 4.92 Å². The van der Waals surface area contributed by atoms with Gasteiger partial charge in [0.1, 0.15) is 0 Å². The minimum absolute atomic E-state index is 0.0222. The highest BCUT2D eigenvalue weighted by molar-refractivity contribution is 6.15. The van der Waals surface area contributed by atoms with Crippen molar-refractivity contribution < 1.29 is 9.72 Å². The number of non-ortho nitro benzene ring substituents is 1. The summed E-state index contributed by atoms with van der Waals surface area (Å²) in [4.78, 5) is 24.4. The molecule has 3 aromatic carbocycles. The monoisotopic (exact) mass is 435 g/mol. The molecule has 6 heteroatoms. The predicted molar refractivity (Wildman–Crippen MR) is 127 cm³/mol. The van der Waals surface area contributed by atoms with Gasteiger partial charge in [-0.15, -0.1) is 0 Å². The lowest BCUT2D eigenvalue weighted by Gasteiger charge is -2.26. The van der Waals surface area contributed by atoms with Crippen molar-refractivity contribution in [1.82, 2.24) is 9.78 Å².